The number of aromatic nitrogens is 2. The number of aliphatic hydroxyl groups is 1. The predicted molar refractivity (Wildman–Crippen MR) is 85.4 cm³/mol. The van der Waals surface area contributed by atoms with Crippen molar-refractivity contribution >= 4 is 10.9 Å². The largest absolute Gasteiger partial charge is 0.390 e. The van der Waals surface area contributed by atoms with E-state index in [2.05, 4.69) is 15.1 Å². The Hall–Kier alpha value is -1.46. The first kappa shape index (κ1) is 15.4. The molecule has 2 N–H and O–H groups in total. The van der Waals surface area contributed by atoms with Gasteiger partial charge in [0, 0.05) is 29.6 Å². The third-order valence-electron chi connectivity index (χ3n) is 4.58. The van der Waals surface area contributed by atoms with E-state index >= 15 is 0 Å². The van der Waals surface area contributed by atoms with Crippen LogP contribution in [0.1, 0.15) is 44.7 Å². The van der Waals surface area contributed by atoms with Crippen molar-refractivity contribution in [3.05, 3.63) is 29.7 Å². The molecule has 0 saturated carbocycles. The number of piperidine rings is 1. The first-order valence-corrected chi connectivity index (χ1v) is 8.01. The summed E-state index contributed by atoms with van der Waals surface area (Å²) < 4.78 is 13.2. The molecule has 1 aromatic heterocycles. The van der Waals surface area contributed by atoms with Crippen molar-refractivity contribution in [2.45, 2.75) is 44.6 Å². The normalized spacial score (nSPS) is 18.2. The Labute approximate surface area is 130 Å². The van der Waals surface area contributed by atoms with Gasteiger partial charge in [0.25, 0.3) is 0 Å². The molecule has 1 aliphatic heterocycles. The molecule has 2 aromatic rings. The van der Waals surface area contributed by atoms with Crippen molar-refractivity contribution in [3.63, 3.8) is 0 Å². The van der Waals surface area contributed by atoms with Crippen LogP contribution in [0, 0.1) is 5.82 Å². The summed E-state index contributed by atoms with van der Waals surface area (Å²) in [5.41, 5.74) is 1.25. The number of benzene rings is 1. The van der Waals surface area contributed by atoms with Gasteiger partial charge in [-0.25, -0.2) is 4.39 Å². The molecule has 4 nitrogen and oxygen atoms in total. The number of likely N-dealkylation sites (tertiary alicyclic amines) is 1. The molecular weight excluding hydrogens is 281 g/mol. The molecule has 0 radical (unpaired) electrons. The van der Waals surface area contributed by atoms with Gasteiger partial charge in [-0.1, -0.05) is 0 Å². The highest BCUT2D eigenvalue weighted by atomic mass is 19.1. The van der Waals surface area contributed by atoms with Crippen LogP contribution in [-0.4, -0.2) is 45.4 Å². The Bertz CT molecular complexity index is 639. The van der Waals surface area contributed by atoms with E-state index in [1.165, 1.54) is 12.1 Å². The lowest BCUT2D eigenvalue weighted by atomic mass is 9.91. The van der Waals surface area contributed by atoms with Gasteiger partial charge in [0.2, 0.25) is 0 Å². The highest BCUT2D eigenvalue weighted by molar-refractivity contribution is 5.81. The zero-order valence-electron chi connectivity index (χ0n) is 13.3. The lowest BCUT2D eigenvalue weighted by molar-refractivity contribution is 0.0540. The van der Waals surface area contributed by atoms with E-state index in [4.69, 9.17) is 0 Å². The van der Waals surface area contributed by atoms with Crippen molar-refractivity contribution in [2.75, 3.05) is 19.6 Å². The molecule has 5 heteroatoms. The number of aromatic amines is 1. The zero-order valence-corrected chi connectivity index (χ0v) is 13.3. The summed E-state index contributed by atoms with van der Waals surface area (Å²) in [4.78, 5) is 2.41. The van der Waals surface area contributed by atoms with Crippen molar-refractivity contribution in [3.8, 4) is 0 Å². The monoisotopic (exact) mass is 305 g/mol. The molecule has 120 valence electrons. The number of nitrogens with zero attached hydrogens (tertiary/aromatic N) is 2. The highest BCUT2D eigenvalue weighted by Crippen LogP contribution is 2.31. The Morgan fingerprint density at radius 3 is 2.77 bits per heavy atom. The fraction of sp³-hybridized carbons (Fsp3) is 0.588. The van der Waals surface area contributed by atoms with Crippen molar-refractivity contribution < 1.29 is 9.50 Å². The van der Waals surface area contributed by atoms with Gasteiger partial charge in [-0.2, -0.15) is 5.10 Å². The second-order valence-electron chi connectivity index (χ2n) is 6.98. The lowest BCUT2D eigenvalue weighted by Gasteiger charge is -2.33. The molecule has 0 amide bonds. The summed E-state index contributed by atoms with van der Waals surface area (Å²) in [5, 5.41) is 18.2. The Morgan fingerprint density at radius 2 is 2.09 bits per heavy atom. The molecule has 1 aliphatic rings. The average molecular weight is 305 g/mol. The molecule has 1 saturated heterocycles. The Balaban J connectivity index is 1.63. The number of rotatable bonds is 4. The van der Waals surface area contributed by atoms with E-state index in [-0.39, 0.29) is 5.82 Å². The SMILES string of the molecule is CC(C)(O)CCN1CCC(c2[nH]nc3cc(F)ccc23)CC1. The standard InChI is InChI=1S/C17H24FN3O/c1-17(2,22)7-10-21-8-5-12(6-9-21)16-14-4-3-13(18)11-15(14)19-20-16/h3-4,11-12,22H,5-10H2,1-2H3,(H,19,20). The molecule has 3 rings (SSSR count). The summed E-state index contributed by atoms with van der Waals surface area (Å²) in [6, 6.07) is 4.80. The van der Waals surface area contributed by atoms with Crippen LogP contribution in [0.25, 0.3) is 10.9 Å². The number of nitrogens with one attached hydrogen (secondary N) is 1. The maximum Gasteiger partial charge on any atom is 0.125 e. The van der Waals surface area contributed by atoms with Gasteiger partial charge < -0.3 is 10.0 Å². The quantitative estimate of drug-likeness (QED) is 0.913. The summed E-state index contributed by atoms with van der Waals surface area (Å²) in [6.45, 7) is 6.71. The van der Waals surface area contributed by atoms with E-state index < -0.39 is 5.60 Å². The number of hydrogen-bond donors (Lipinski definition) is 2. The molecule has 0 bridgehead atoms. The van der Waals surface area contributed by atoms with Gasteiger partial charge in [0.1, 0.15) is 5.82 Å². The average Bonchev–Trinajstić information content (AvgIpc) is 2.88. The third-order valence-corrected chi connectivity index (χ3v) is 4.58. The Morgan fingerprint density at radius 1 is 1.36 bits per heavy atom. The predicted octanol–water partition coefficient (Wildman–Crippen LogP) is 3.04. The van der Waals surface area contributed by atoms with Crippen LogP contribution in [0.2, 0.25) is 0 Å². The van der Waals surface area contributed by atoms with E-state index in [1.54, 1.807) is 0 Å². The van der Waals surface area contributed by atoms with E-state index in [0.717, 1.165) is 50.0 Å². The summed E-state index contributed by atoms with van der Waals surface area (Å²) in [7, 11) is 0. The van der Waals surface area contributed by atoms with Crippen molar-refractivity contribution in [1.29, 1.82) is 0 Å². The summed E-state index contributed by atoms with van der Waals surface area (Å²) in [6.07, 6.45) is 2.94. The van der Waals surface area contributed by atoms with Gasteiger partial charge >= 0.3 is 0 Å². The lowest BCUT2D eigenvalue weighted by Crippen LogP contribution is -2.36. The van der Waals surface area contributed by atoms with E-state index in [1.807, 2.05) is 19.9 Å². The van der Waals surface area contributed by atoms with Crippen LogP contribution < -0.4 is 0 Å². The van der Waals surface area contributed by atoms with Gasteiger partial charge in [0.15, 0.2) is 0 Å². The maximum absolute atomic E-state index is 13.2. The van der Waals surface area contributed by atoms with Crippen molar-refractivity contribution in [2.24, 2.45) is 0 Å². The zero-order chi connectivity index (χ0) is 15.7. The Kier molecular flexibility index (Phi) is 4.19. The fourth-order valence-electron chi connectivity index (χ4n) is 3.19. The minimum Gasteiger partial charge on any atom is -0.390 e. The van der Waals surface area contributed by atoms with Gasteiger partial charge in [-0.3, -0.25) is 5.10 Å². The molecule has 0 spiro atoms. The molecular formula is C17H24FN3O. The highest BCUT2D eigenvalue weighted by Gasteiger charge is 2.24. The second kappa shape index (κ2) is 5.97. The molecule has 0 atom stereocenters. The van der Waals surface area contributed by atoms with E-state index in [0.29, 0.717) is 11.4 Å². The van der Waals surface area contributed by atoms with Gasteiger partial charge in [-0.15, -0.1) is 0 Å². The van der Waals surface area contributed by atoms with Gasteiger partial charge in [0.05, 0.1) is 11.1 Å². The van der Waals surface area contributed by atoms with Crippen LogP contribution in [0.5, 0.6) is 0 Å². The van der Waals surface area contributed by atoms with Gasteiger partial charge in [-0.05, 0) is 58.3 Å². The van der Waals surface area contributed by atoms with Crippen LogP contribution >= 0.6 is 0 Å². The van der Waals surface area contributed by atoms with Crippen molar-refractivity contribution in [1.82, 2.24) is 15.1 Å². The second-order valence-corrected chi connectivity index (χ2v) is 6.98. The number of halogens is 1. The van der Waals surface area contributed by atoms with Crippen LogP contribution in [0.15, 0.2) is 18.2 Å². The molecule has 1 aromatic carbocycles. The number of hydrogen-bond acceptors (Lipinski definition) is 3. The van der Waals surface area contributed by atoms with Crippen LogP contribution in [0.3, 0.4) is 0 Å². The molecule has 0 unspecified atom stereocenters. The first-order valence-electron chi connectivity index (χ1n) is 8.01. The van der Waals surface area contributed by atoms with Crippen LogP contribution in [-0.2, 0) is 0 Å². The summed E-state index contributed by atoms with van der Waals surface area (Å²) in [5.74, 6) is 0.209. The fourth-order valence-corrected chi connectivity index (χ4v) is 3.19. The topological polar surface area (TPSA) is 52.1 Å². The molecule has 2 heterocycles. The third kappa shape index (κ3) is 3.47. The van der Waals surface area contributed by atoms with Crippen LogP contribution in [0.4, 0.5) is 4.39 Å². The molecule has 22 heavy (non-hydrogen) atoms. The maximum atomic E-state index is 13.2. The first-order chi connectivity index (χ1) is 10.4. The number of H-pyrrole nitrogens is 1. The smallest absolute Gasteiger partial charge is 0.125 e. The molecule has 0 aliphatic carbocycles. The minimum atomic E-state index is -0.597. The van der Waals surface area contributed by atoms with E-state index in [9.17, 15) is 9.50 Å². The number of fused-ring (bicyclic) bond motifs is 1. The molecule has 1 fully saturated rings. The minimum absolute atomic E-state index is 0.244. The summed E-state index contributed by atoms with van der Waals surface area (Å²) >= 11 is 0.